The summed E-state index contributed by atoms with van der Waals surface area (Å²) < 4.78 is 14.6. The molecule has 2 aromatic rings. The fourth-order valence-electron chi connectivity index (χ4n) is 1.90. The summed E-state index contributed by atoms with van der Waals surface area (Å²) in [7, 11) is 1.60. The quantitative estimate of drug-likeness (QED) is 0.931. The lowest BCUT2D eigenvalue weighted by Crippen LogP contribution is -2.24. The second-order valence-corrected chi connectivity index (χ2v) is 5.47. The third-order valence-electron chi connectivity index (χ3n) is 2.94. The predicted molar refractivity (Wildman–Crippen MR) is 80.4 cm³/mol. The molecule has 0 spiro atoms. The molecule has 2 rings (SSSR count). The molecule has 1 N–H and O–H groups in total. The summed E-state index contributed by atoms with van der Waals surface area (Å²) in [6, 6.07) is 6.48. The normalized spacial score (nSPS) is 12.2. The largest absolute Gasteiger partial charge is 0.380 e. The lowest BCUT2D eigenvalue weighted by molar-refractivity contribution is 0.626. The minimum atomic E-state index is -0.243. The van der Waals surface area contributed by atoms with E-state index in [1.807, 2.05) is 6.92 Å². The number of aryl methyl sites for hydroxylation is 1. The van der Waals surface area contributed by atoms with Gasteiger partial charge in [-0.1, -0.05) is 12.1 Å². The molecule has 6 heteroatoms. The Morgan fingerprint density at radius 2 is 2.05 bits per heavy atom. The lowest BCUT2D eigenvalue weighted by atomic mass is 10.1. The van der Waals surface area contributed by atoms with E-state index >= 15 is 0 Å². The SMILES string of the molecule is CC(Cc1ccc(F)cc1)Nc1cnn(C)c(=O)c1Br. The Bertz CT molecular complexity index is 654. The Hall–Kier alpha value is -1.69. The van der Waals surface area contributed by atoms with Gasteiger partial charge in [0.1, 0.15) is 10.3 Å². The molecule has 20 heavy (non-hydrogen) atoms. The van der Waals surface area contributed by atoms with Crippen molar-refractivity contribution in [3.63, 3.8) is 0 Å². The van der Waals surface area contributed by atoms with Gasteiger partial charge in [-0.15, -0.1) is 0 Å². The van der Waals surface area contributed by atoms with Gasteiger partial charge in [-0.25, -0.2) is 9.07 Å². The van der Waals surface area contributed by atoms with Crippen LogP contribution in [-0.4, -0.2) is 15.8 Å². The third kappa shape index (κ3) is 3.45. The van der Waals surface area contributed by atoms with E-state index < -0.39 is 0 Å². The van der Waals surface area contributed by atoms with Gasteiger partial charge in [-0.3, -0.25) is 4.79 Å². The first kappa shape index (κ1) is 14.7. The van der Waals surface area contributed by atoms with Crippen LogP contribution in [0.3, 0.4) is 0 Å². The minimum Gasteiger partial charge on any atom is -0.380 e. The monoisotopic (exact) mass is 339 g/mol. The van der Waals surface area contributed by atoms with Gasteiger partial charge in [-0.05, 0) is 47.0 Å². The van der Waals surface area contributed by atoms with Gasteiger partial charge in [0, 0.05) is 13.1 Å². The number of anilines is 1. The van der Waals surface area contributed by atoms with Crippen LogP contribution < -0.4 is 10.9 Å². The second-order valence-electron chi connectivity index (χ2n) is 4.68. The highest BCUT2D eigenvalue weighted by atomic mass is 79.9. The molecule has 4 nitrogen and oxygen atoms in total. The number of rotatable bonds is 4. The van der Waals surface area contributed by atoms with Crippen molar-refractivity contribution in [3.8, 4) is 0 Å². The molecule has 0 aliphatic rings. The van der Waals surface area contributed by atoms with E-state index in [2.05, 4.69) is 26.3 Å². The van der Waals surface area contributed by atoms with Crippen molar-refractivity contribution in [1.82, 2.24) is 9.78 Å². The van der Waals surface area contributed by atoms with Crippen molar-refractivity contribution in [3.05, 3.63) is 56.7 Å². The van der Waals surface area contributed by atoms with Gasteiger partial charge in [-0.2, -0.15) is 5.10 Å². The van der Waals surface area contributed by atoms with Crippen molar-refractivity contribution in [1.29, 1.82) is 0 Å². The first-order valence-corrected chi connectivity index (χ1v) is 6.99. The molecular formula is C14H15BrFN3O. The summed E-state index contributed by atoms with van der Waals surface area (Å²) in [4.78, 5) is 11.7. The van der Waals surface area contributed by atoms with Crippen LogP contribution in [0, 0.1) is 5.82 Å². The summed E-state index contributed by atoms with van der Waals surface area (Å²) in [6.45, 7) is 1.99. The fraction of sp³-hybridized carbons (Fsp3) is 0.286. The van der Waals surface area contributed by atoms with Gasteiger partial charge < -0.3 is 5.32 Å². The molecular weight excluding hydrogens is 325 g/mol. The number of nitrogens with zero attached hydrogens (tertiary/aromatic N) is 2. The average Bonchev–Trinajstić information content (AvgIpc) is 2.42. The number of hydrogen-bond donors (Lipinski definition) is 1. The molecule has 106 valence electrons. The Labute approximate surface area is 124 Å². The molecule has 0 saturated carbocycles. The molecule has 1 aromatic carbocycles. The van der Waals surface area contributed by atoms with Crippen LogP contribution in [0.2, 0.25) is 0 Å². The van der Waals surface area contributed by atoms with E-state index in [0.717, 1.165) is 12.0 Å². The third-order valence-corrected chi connectivity index (χ3v) is 3.70. The zero-order valence-electron chi connectivity index (χ0n) is 11.2. The van der Waals surface area contributed by atoms with E-state index in [0.29, 0.717) is 10.2 Å². The van der Waals surface area contributed by atoms with Gasteiger partial charge in [0.05, 0.1) is 11.9 Å². The van der Waals surface area contributed by atoms with E-state index in [1.165, 1.54) is 16.8 Å². The summed E-state index contributed by atoms with van der Waals surface area (Å²) in [5.74, 6) is -0.243. The Morgan fingerprint density at radius 3 is 2.70 bits per heavy atom. The van der Waals surface area contributed by atoms with Gasteiger partial charge in [0.2, 0.25) is 0 Å². The summed E-state index contributed by atoms with van der Waals surface area (Å²) in [5.41, 5.74) is 1.49. The number of aromatic nitrogens is 2. The van der Waals surface area contributed by atoms with Gasteiger partial charge in [0.25, 0.3) is 5.56 Å². The molecule has 0 fully saturated rings. The molecule has 0 bridgehead atoms. The molecule has 1 heterocycles. The maximum Gasteiger partial charge on any atom is 0.282 e. The van der Waals surface area contributed by atoms with Crippen molar-refractivity contribution in [2.45, 2.75) is 19.4 Å². The molecule has 0 amide bonds. The highest BCUT2D eigenvalue weighted by molar-refractivity contribution is 9.10. The first-order chi connectivity index (χ1) is 9.47. The van der Waals surface area contributed by atoms with Crippen LogP contribution in [0.5, 0.6) is 0 Å². The topological polar surface area (TPSA) is 46.9 Å². The van der Waals surface area contributed by atoms with Crippen LogP contribution >= 0.6 is 15.9 Å². The molecule has 1 atom stereocenters. The molecule has 0 aliphatic heterocycles. The highest BCUT2D eigenvalue weighted by Crippen LogP contribution is 2.18. The zero-order chi connectivity index (χ0) is 14.7. The van der Waals surface area contributed by atoms with Crippen molar-refractivity contribution in [2.24, 2.45) is 7.05 Å². The summed E-state index contributed by atoms with van der Waals surface area (Å²) in [5, 5.41) is 7.20. The van der Waals surface area contributed by atoms with Crippen molar-refractivity contribution >= 4 is 21.6 Å². The smallest absolute Gasteiger partial charge is 0.282 e. The highest BCUT2D eigenvalue weighted by Gasteiger charge is 2.10. The van der Waals surface area contributed by atoms with Crippen molar-refractivity contribution in [2.75, 3.05) is 5.32 Å². The standard InChI is InChI=1S/C14H15BrFN3O/c1-9(7-10-3-5-11(16)6-4-10)18-12-8-17-19(2)14(20)13(12)15/h3-6,8-9,18H,7H2,1-2H3. The minimum absolute atomic E-state index is 0.0886. The summed E-state index contributed by atoms with van der Waals surface area (Å²) >= 11 is 3.27. The van der Waals surface area contributed by atoms with Crippen LogP contribution in [0.15, 0.2) is 39.7 Å². The van der Waals surface area contributed by atoms with E-state index in [9.17, 15) is 9.18 Å². The Balaban J connectivity index is 2.08. The van der Waals surface area contributed by atoms with Crippen LogP contribution in [0.25, 0.3) is 0 Å². The maximum atomic E-state index is 12.8. The molecule has 0 saturated heterocycles. The number of halogens is 2. The number of benzene rings is 1. The molecule has 0 aliphatic carbocycles. The summed E-state index contributed by atoms with van der Waals surface area (Å²) in [6.07, 6.45) is 2.33. The van der Waals surface area contributed by atoms with Gasteiger partial charge in [0.15, 0.2) is 0 Å². The van der Waals surface area contributed by atoms with Gasteiger partial charge >= 0.3 is 0 Å². The average molecular weight is 340 g/mol. The number of nitrogens with one attached hydrogen (secondary N) is 1. The second kappa shape index (κ2) is 6.17. The molecule has 1 unspecified atom stereocenters. The van der Waals surface area contributed by atoms with Crippen LogP contribution in [0.4, 0.5) is 10.1 Å². The maximum absolute atomic E-state index is 12.8. The van der Waals surface area contributed by atoms with E-state index in [4.69, 9.17) is 0 Å². The Kier molecular flexibility index (Phi) is 4.54. The first-order valence-electron chi connectivity index (χ1n) is 6.20. The molecule has 1 aromatic heterocycles. The van der Waals surface area contributed by atoms with Crippen LogP contribution in [-0.2, 0) is 13.5 Å². The fourth-order valence-corrected chi connectivity index (χ4v) is 2.38. The zero-order valence-corrected chi connectivity index (χ0v) is 12.8. The van der Waals surface area contributed by atoms with Crippen LogP contribution in [0.1, 0.15) is 12.5 Å². The van der Waals surface area contributed by atoms with E-state index in [-0.39, 0.29) is 17.4 Å². The lowest BCUT2D eigenvalue weighted by Gasteiger charge is -2.16. The van der Waals surface area contributed by atoms with E-state index in [1.54, 1.807) is 25.4 Å². The van der Waals surface area contributed by atoms with Crippen molar-refractivity contribution < 1.29 is 4.39 Å². The molecule has 0 radical (unpaired) electrons. The Morgan fingerprint density at radius 1 is 1.40 bits per heavy atom. The predicted octanol–water partition coefficient (Wildman–Crippen LogP) is 2.73. The number of hydrogen-bond acceptors (Lipinski definition) is 3.